The van der Waals surface area contributed by atoms with Crippen molar-refractivity contribution in [2.24, 2.45) is 0 Å². The SMILES string of the molecule is CC(=O)OC[C@H]1O[C@H](OC2=C(C)OC(=C(C)C)C2=O)[C@H](OC(C)=O)[C@@H](OC(C)=O)[C@@H]1OC(C)=O. The number of ketones is 1. The summed E-state index contributed by atoms with van der Waals surface area (Å²) in [6, 6.07) is 0. The molecule has 2 aliphatic rings. The summed E-state index contributed by atoms with van der Waals surface area (Å²) < 4.78 is 38.0. The van der Waals surface area contributed by atoms with Crippen LogP contribution in [-0.2, 0) is 57.1 Å². The summed E-state index contributed by atoms with van der Waals surface area (Å²) in [6.07, 6.45) is -6.91. The molecular weight excluding hydrogens is 456 g/mol. The van der Waals surface area contributed by atoms with E-state index in [4.69, 9.17) is 33.2 Å². The summed E-state index contributed by atoms with van der Waals surface area (Å²) in [7, 11) is 0. The van der Waals surface area contributed by atoms with Crippen molar-refractivity contribution < 1.29 is 57.1 Å². The van der Waals surface area contributed by atoms with E-state index >= 15 is 0 Å². The summed E-state index contributed by atoms with van der Waals surface area (Å²) >= 11 is 0. The highest BCUT2D eigenvalue weighted by Crippen LogP contribution is 2.34. The maximum absolute atomic E-state index is 12.8. The highest BCUT2D eigenvalue weighted by Gasteiger charge is 2.54. The standard InChI is InChI=1S/C22H28O12/c1-9(2)17-16(27)18(10(3)29-17)34-22-21(32-14(7)26)20(31-13(6)25)19(30-12(5)24)15(33-22)8-28-11(4)23/h15,19-22H,8H2,1-7H3/t15-,19-,20+,21-,22-/m1/s1. The molecule has 0 saturated carbocycles. The van der Waals surface area contributed by atoms with E-state index in [0.29, 0.717) is 5.57 Å². The predicted molar refractivity (Wildman–Crippen MR) is 110 cm³/mol. The molecule has 5 atom stereocenters. The third kappa shape index (κ3) is 6.56. The first-order valence-corrected chi connectivity index (χ1v) is 10.4. The zero-order chi connectivity index (χ0) is 25.7. The van der Waals surface area contributed by atoms with Gasteiger partial charge in [-0.25, -0.2) is 0 Å². The van der Waals surface area contributed by atoms with Crippen molar-refractivity contribution in [1.29, 1.82) is 0 Å². The van der Waals surface area contributed by atoms with Crippen molar-refractivity contribution in [1.82, 2.24) is 0 Å². The monoisotopic (exact) mass is 484 g/mol. The van der Waals surface area contributed by atoms with E-state index < -0.39 is 67.0 Å². The third-order valence-corrected chi connectivity index (χ3v) is 4.62. The Kier molecular flexibility index (Phi) is 8.80. The number of hydrogen-bond donors (Lipinski definition) is 0. The maximum Gasteiger partial charge on any atom is 0.303 e. The molecule has 34 heavy (non-hydrogen) atoms. The van der Waals surface area contributed by atoms with E-state index in [1.807, 2.05) is 0 Å². The Balaban J connectivity index is 2.50. The van der Waals surface area contributed by atoms with Crippen LogP contribution in [0.5, 0.6) is 0 Å². The number of hydrogen-bond acceptors (Lipinski definition) is 12. The zero-order valence-corrected chi connectivity index (χ0v) is 20.0. The van der Waals surface area contributed by atoms with Gasteiger partial charge in [0.15, 0.2) is 18.0 Å². The van der Waals surface area contributed by atoms with Crippen LogP contribution >= 0.6 is 0 Å². The van der Waals surface area contributed by atoms with Crippen LogP contribution in [0.1, 0.15) is 48.5 Å². The highest BCUT2D eigenvalue weighted by atomic mass is 16.7. The van der Waals surface area contributed by atoms with Crippen molar-refractivity contribution in [3.8, 4) is 0 Å². The normalized spacial score (nSPS) is 26.4. The van der Waals surface area contributed by atoms with Crippen LogP contribution in [0.2, 0.25) is 0 Å². The molecule has 1 saturated heterocycles. The van der Waals surface area contributed by atoms with Crippen LogP contribution < -0.4 is 0 Å². The zero-order valence-electron chi connectivity index (χ0n) is 20.0. The van der Waals surface area contributed by atoms with Gasteiger partial charge in [0.25, 0.3) is 5.78 Å². The summed E-state index contributed by atoms with van der Waals surface area (Å²) in [5.74, 6) is -3.56. The topological polar surface area (TPSA) is 150 Å². The average molecular weight is 484 g/mol. The molecule has 0 unspecified atom stereocenters. The van der Waals surface area contributed by atoms with Crippen LogP contribution in [0, 0.1) is 0 Å². The Labute approximate surface area is 196 Å². The van der Waals surface area contributed by atoms with Crippen LogP contribution in [0.4, 0.5) is 0 Å². The lowest BCUT2D eigenvalue weighted by molar-refractivity contribution is -0.299. The van der Waals surface area contributed by atoms with Gasteiger partial charge in [-0.05, 0) is 26.3 Å². The minimum atomic E-state index is -1.52. The van der Waals surface area contributed by atoms with Crippen molar-refractivity contribution >= 4 is 29.7 Å². The molecule has 0 spiro atoms. The molecule has 12 nitrogen and oxygen atoms in total. The molecule has 0 amide bonds. The molecule has 188 valence electrons. The van der Waals surface area contributed by atoms with Gasteiger partial charge in [0.1, 0.15) is 18.5 Å². The van der Waals surface area contributed by atoms with Crippen molar-refractivity contribution in [2.75, 3.05) is 6.61 Å². The molecule has 12 heteroatoms. The van der Waals surface area contributed by atoms with Crippen LogP contribution in [0.15, 0.2) is 22.9 Å². The van der Waals surface area contributed by atoms with Crippen LogP contribution in [-0.4, -0.2) is 67.0 Å². The molecule has 2 aliphatic heterocycles. The van der Waals surface area contributed by atoms with Gasteiger partial charge in [-0.15, -0.1) is 0 Å². The Morgan fingerprint density at radius 3 is 1.79 bits per heavy atom. The van der Waals surface area contributed by atoms with Gasteiger partial charge in [0.2, 0.25) is 18.2 Å². The molecule has 0 aliphatic carbocycles. The lowest BCUT2D eigenvalue weighted by Crippen LogP contribution is -2.63. The Bertz CT molecular complexity index is 926. The molecule has 0 radical (unpaired) electrons. The molecule has 0 aromatic rings. The Morgan fingerprint density at radius 1 is 0.794 bits per heavy atom. The second-order valence-corrected chi connectivity index (χ2v) is 7.83. The number of esters is 4. The lowest BCUT2D eigenvalue weighted by atomic mass is 9.98. The number of allylic oxidation sites excluding steroid dienone is 2. The van der Waals surface area contributed by atoms with E-state index in [1.54, 1.807) is 13.8 Å². The first-order valence-electron chi connectivity index (χ1n) is 10.4. The number of Topliss-reactive ketones (excluding diaryl/α,β-unsaturated/α-hetero) is 1. The molecule has 0 bridgehead atoms. The smallest absolute Gasteiger partial charge is 0.303 e. The molecule has 0 N–H and O–H groups in total. The third-order valence-electron chi connectivity index (χ3n) is 4.62. The fourth-order valence-corrected chi connectivity index (χ4v) is 3.37. The molecule has 0 aromatic heterocycles. The Morgan fingerprint density at radius 2 is 1.32 bits per heavy atom. The van der Waals surface area contributed by atoms with Gasteiger partial charge in [0, 0.05) is 27.7 Å². The summed E-state index contributed by atoms with van der Waals surface area (Å²) in [5, 5.41) is 0. The van der Waals surface area contributed by atoms with E-state index in [9.17, 15) is 24.0 Å². The molecule has 2 heterocycles. The van der Waals surface area contributed by atoms with E-state index in [2.05, 4.69) is 0 Å². The van der Waals surface area contributed by atoms with Gasteiger partial charge >= 0.3 is 23.9 Å². The molecule has 2 rings (SSSR count). The van der Waals surface area contributed by atoms with Crippen LogP contribution in [0.3, 0.4) is 0 Å². The molecule has 0 aromatic carbocycles. The van der Waals surface area contributed by atoms with Gasteiger partial charge in [-0.3, -0.25) is 24.0 Å². The number of carbonyl (C=O) groups is 5. The number of carbonyl (C=O) groups excluding carboxylic acids is 5. The summed E-state index contributed by atoms with van der Waals surface area (Å²) in [6.45, 7) is 8.91. The van der Waals surface area contributed by atoms with E-state index in [0.717, 1.165) is 27.7 Å². The highest BCUT2D eigenvalue weighted by molar-refractivity contribution is 6.08. The van der Waals surface area contributed by atoms with Crippen molar-refractivity contribution in [3.05, 3.63) is 22.9 Å². The lowest BCUT2D eigenvalue weighted by Gasteiger charge is -2.43. The second-order valence-electron chi connectivity index (χ2n) is 7.83. The van der Waals surface area contributed by atoms with E-state index in [-0.39, 0.29) is 17.3 Å². The maximum atomic E-state index is 12.8. The van der Waals surface area contributed by atoms with Crippen molar-refractivity contribution in [2.45, 2.75) is 79.2 Å². The van der Waals surface area contributed by atoms with Gasteiger partial charge in [0.05, 0.1) is 0 Å². The van der Waals surface area contributed by atoms with Gasteiger partial charge in [-0.1, -0.05) is 0 Å². The average Bonchev–Trinajstić information content (AvgIpc) is 2.98. The number of ether oxygens (including phenoxy) is 7. The fraction of sp³-hybridized carbons (Fsp3) is 0.591. The van der Waals surface area contributed by atoms with Gasteiger partial charge < -0.3 is 33.2 Å². The minimum Gasteiger partial charge on any atom is -0.463 e. The molecular formula is C22H28O12. The van der Waals surface area contributed by atoms with E-state index in [1.165, 1.54) is 6.92 Å². The number of rotatable bonds is 7. The quantitative estimate of drug-likeness (QED) is 0.290. The largest absolute Gasteiger partial charge is 0.463 e. The summed E-state index contributed by atoms with van der Waals surface area (Å²) in [4.78, 5) is 59.6. The Hall–Kier alpha value is -3.41. The van der Waals surface area contributed by atoms with Gasteiger partial charge in [-0.2, -0.15) is 0 Å². The predicted octanol–water partition coefficient (Wildman–Crippen LogP) is 1.21. The van der Waals surface area contributed by atoms with Crippen LogP contribution in [0.25, 0.3) is 0 Å². The van der Waals surface area contributed by atoms with Crippen molar-refractivity contribution in [3.63, 3.8) is 0 Å². The minimum absolute atomic E-state index is 0.0677. The first kappa shape index (κ1) is 26.8. The summed E-state index contributed by atoms with van der Waals surface area (Å²) in [5.41, 5.74) is 0.601. The second kappa shape index (κ2) is 11.1. The molecule has 1 fully saturated rings. The fourth-order valence-electron chi connectivity index (χ4n) is 3.37. The first-order chi connectivity index (χ1) is 15.8.